The van der Waals surface area contributed by atoms with Crippen molar-refractivity contribution < 1.29 is 9.53 Å². The number of ether oxygens (including phenoxy) is 1. The van der Waals surface area contributed by atoms with E-state index in [4.69, 9.17) is 10.5 Å². The molecule has 0 radical (unpaired) electrons. The van der Waals surface area contributed by atoms with Crippen LogP contribution in [0.25, 0.3) is 0 Å². The molecule has 4 nitrogen and oxygen atoms in total. The maximum Gasteiger partial charge on any atom is 0.237 e. The Morgan fingerprint density at radius 2 is 1.95 bits per heavy atom. The molecule has 19 heavy (non-hydrogen) atoms. The summed E-state index contributed by atoms with van der Waals surface area (Å²) in [5.41, 5.74) is 4.83. The first-order chi connectivity index (χ1) is 8.83. The molecule has 0 aromatic rings. The molecule has 1 fully saturated rings. The molecule has 0 aliphatic heterocycles. The summed E-state index contributed by atoms with van der Waals surface area (Å²) >= 11 is 0. The smallest absolute Gasteiger partial charge is 0.237 e. The minimum Gasteiger partial charge on any atom is -0.378 e. The van der Waals surface area contributed by atoms with Gasteiger partial charge in [-0.3, -0.25) is 4.79 Å². The Hall–Kier alpha value is -0.610. The molecule has 1 unspecified atom stereocenters. The van der Waals surface area contributed by atoms with Gasteiger partial charge in [0, 0.05) is 12.6 Å². The second kappa shape index (κ2) is 7.25. The number of amides is 1. The zero-order chi connectivity index (χ0) is 14.5. The summed E-state index contributed by atoms with van der Waals surface area (Å²) in [6, 6.07) is 0.230. The molecule has 0 aromatic heterocycles. The molecule has 0 heterocycles. The maximum atomic E-state index is 11.6. The lowest BCUT2D eigenvalue weighted by Gasteiger charge is -2.31. The lowest BCUT2D eigenvalue weighted by molar-refractivity contribution is -0.125. The number of hydrogen-bond donors (Lipinski definition) is 2. The average molecular weight is 270 g/mol. The van der Waals surface area contributed by atoms with E-state index in [0.29, 0.717) is 19.1 Å². The second-order valence-electron chi connectivity index (χ2n) is 6.50. The van der Waals surface area contributed by atoms with Crippen LogP contribution in [0.15, 0.2) is 0 Å². The fourth-order valence-corrected chi connectivity index (χ4v) is 2.73. The van der Waals surface area contributed by atoms with Crippen molar-refractivity contribution in [3.8, 4) is 0 Å². The van der Waals surface area contributed by atoms with Gasteiger partial charge < -0.3 is 15.8 Å². The van der Waals surface area contributed by atoms with Crippen LogP contribution in [0.2, 0.25) is 0 Å². The summed E-state index contributed by atoms with van der Waals surface area (Å²) in [7, 11) is 0. The van der Waals surface area contributed by atoms with E-state index in [9.17, 15) is 4.79 Å². The first-order valence-electron chi connectivity index (χ1n) is 7.52. The van der Waals surface area contributed by atoms with Crippen molar-refractivity contribution in [2.45, 2.75) is 77.5 Å². The third kappa shape index (κ3) is 5.49. The quantitative estimate of drug-likeness (QED) is 0.745. The van der Waals surface area contributed by atoms with E-state index in [2.05, 4.69) is 12.2 Å². The molecule has 0 bridgehead atoms. The van der Waals surface area contributed by atoms with E-state index < -0.39 is 5.54 Å². The van der Waals surface area contributed by atoms with Crippen molar-refractivity contribution >= 4 is 5.91 Å². The molecule has 1 aliphatic carbocycles. The van der Waals surface area contributed by atoms with Gasteiger partial charge in [0.25, 0.3) is 0 Å². The van der Waals surface area contributed by atoms with E-state index in [0.717, 1.165) is 18.8 Å². The van der Waals surface area contributed by atoms with Gasteiger partial charge >= 0.3 is 0 Å². The van der Waals surface area contributed by atoms with Gasteiger partial charge in [-0.2, -0.15) is 0 Å². The van der Waals surface area contributed by atoms with Crippen LogP contribution >= 0.6 is 0 Å². The van der Waals surface area contributed by atoms with E-state index >= 15 is 0 Å². The predicted octanol–water partition coefficient (Wildman–Crippen LogP) is 2.21. The van der Waals surface area contributed by atoms with E-state index in [1.54, 1.807) is 0 Å². The van der Waals surface area contributed by atoms with Crippen molar-refractivity contribution in [2.24, 2.45) is 11.7 Å². The zero-order valence-corrected chi connectivity index (χ0v) is 12.9. The van der Waals surface area contributed by atoms with Gasteiger partial charge in [-0.05, 0) is 58.8 Å². The van der Waals surface area contributed by atoms with Crippen molar-refractivity contribution in [1.29, 1.82) is 0 Å². The maximum absolute atomic E-state index is 11.6. The van der Waals surface area contributed by atoms with E-state index in [1.165, 1.54) is 12.8 Å². The van der Waals surface area contributed by atoms with Gasteiger partial charge in [-0.15, -0.1) is 0 Å². The van der Waals surface area contributed by atoms with Gasteiger partial charge in [0.2, 0.25) is 5.91 Å². The molecule has 1 saturated carbocycles. The molecule has 0 aromatic carbocycles. The molecule has 3 N–H and O–H groups in total. The van der Waals surface area contributed by atoms with Gasteiger partial charge in [0.05, 0.1) is 11.6 Å². The van der Waals surface area contributed by atoms with Crippen molar-refractivity contribution in [2.75, 3.05) is 6.61 Å². The predicted molar refractivity (Wildman–Crippen MR) is 77.9 cm³/mol. The normalized spacial score (nSPS) is 27.2. The van der Waals surface area contributed by atoms with Crippen LogP contribution in [-0.4, -0.2) is 30.2 Å². The molecule has 1 rings (SSSR count). The Morgan fingerprint density at radius 1 is 1.37 bits per heavy atom. The molecule has 4 heteroatoms. The summed E-state index contributed by atoms with van der Waals surface area (Å²) in [6.07, 6.45) is 5.79. The highest BCUT2D eigenvalue weighted by atomic mass is 16.5. The number of nitrogens with one attached hydrogen (secondary N) is 1. The Kier molecular flexibility index (Phi) is 6.27. The molecule has 1 aliphatic rings. The summed E-state index contributed by atoms with van der Waals surface area (Å²) in [4.78, 5) is 11.6. The van der Waals surface area contributed by atoms with Crippen LogP contribution < -0.4 is 11.1 Å². The topological polar surface area (TPSA) is 64.3 Å². The second-order valence-corrected chi connectivity index (χ2v) is 6.50. The van der Waals surface area contributed by atoms with Gasteiger partial charge in [-0.1, -0.05) is 6.92 Å². The molecule has 1 amide bonds. The van der Waals surface area contributed by atoms with Crippen molar-refractivity contribution in [1.82, 2.24) is 5.32 Å². The van der Waals surface area contributed by atoms with E-state index in [-0.39, 0.29) is 11.9 Å². The molecular weight excluding hydrogens is 240 g/mol. The third-order valence-electron chi connectivity index (χ3n) is 4.07. The van der Waals surface area contributed by atoms with Crippen LogP contribution in [-0.2, 0) is 9.53 Å². The number of nitrogens with two attached hydrogens (primary N) is 1. The van der Waals surface area contributed by atoms with E-state index in [1.807, 2.05) is 20.8 Å². The van der Waals surface area contributed by atoms with Crippen LogP contribution in [0.4, 0.5) is 0 Å². The van der Waals surface area contributed by atoms with Crippen LogP contribution in [0.1, 0.15) is 59.8 Å². The number of hydrogen-bond acceptors (Lipinski definition) is 3. The monoisotopic (exact) mass is 270 g/mol. The Balaban J connectivity index is 2.34. The Morgan fingerprint density at radius 3 is 2.42 bits per heavy atom. The van der Waals surface area contributed by atoms with Crippen LogP contribution in [0, 0.1) is 5.92 Å². The highest BCUT2D eigenvalue weighted by molar-refractivity contribution is 5.84. The van der Waals surface area contributed by atoms with Crippen LogP contribution in [0.3, 0.4) is 0 Å². The van der Waals surface area contributed by atoms with Crippen LogP contribution in [0.5, 0.6) is 0 Å². The number of carbonyl (C=O) groups excluding carboxylic acids is 1. The molecule has 0 spiro atoms. The summed E-state index contributed by atoms with van der Waals surface area (Å²) in [5, 5.41) is 3.25. The lowest BCUT2D eigenvalue weighted by Crippen LogP contribution is -2.56. The first kappa shape index (κ1) is 16.4. The highest BCUT2D eigenvalue weighted by Gasteiger charge is 2.31. The standard InChI is InChI=1S/C15H30N2O2/c1-11(2)17-15(4,14(16)18)9-10-19-13-7-5-12(3)6-8-13/h11-13,17H,5-10H2,1-4H3,(H2,16,18). The molecular formula is C15H30N2O2. The lowest BCUT2D eigenvalue weighted by atomic mass is 9.89. The minimum atomic E-state index is -0.671. The Bertz CT molecular complexity index is 286. The fourth-order valence-electron chi connectivity index (χ4n) is 2.73. The van der Waals surface area contributed by atoms with Gasteiger partial charge in [-0.25, -0.2) is 0 Å². The molecule has 0 saturated heterocycles. The highest BCUT2D eigenvalue weighted by Crippen LogP contribution is 2.26. The fraction of sp³-hybridized carbons (Fsp3) is 0.933. The third-order valence-corrected chi connectivity index (χ3v) is 4.07. The Labute approximate surface area is 117 Å². The summed E-state index contributed by atoms with van der Waals surface area (Å²) < 4.78 is 5.91. The first-order valence-corrected chi connectivity index (χ1v) is 7.52. The number of rotatable bonds is 7. The minimum absolute atomic E-state index is 0.230. The number of carbonyl (C=O) groups is 1. The van der Waals surface area contributed by atoms with Gasteiger partial charge in [0.1, 0.15) is 0 Å². The zero-order valence-electron chi connectivity index (χ0n) is 12.9. The average Bonchev–Trinajstić information content (AvgIpc) is 2.30. The largest absolute Gasteiger partial charge is 0.378 e. The van der Waals surface area contributed by atoms with Gasteiger partial charge in [0.15, 0.2) is 0 Å². The molecule has 112 valence electrons. The van der Waals surface area contributed by atoms with Crippen molar-refractivity contribution in [3.05, 3.63) is 0 Å². The SMILES string of the molecule is CC1CCC(OCCC(C)(NC(C)C)C(N)=O)CC1. The van der Waals surface area contributed by atoms with Crippen molar-refractivity contribution in [3.63, 3.8) is 0 Å². The molecule has 1 atom stereocenters. The number of primary amides is 1. The summed E-state index contributed by atoms with van der Waals surface area (Å²) in [6.45, 7) is 8.79. The summed E-state index contributed by atoms with van der Waals surface area (Å²) in [5.74, 6) is 0.528.